The van der Waals surface area contributed by atoms with Crippen LogP contribution in [0.15, 0.2) is 36.0 Å². The van der Waals surface area contributed by atoms with Crippen LogP contribution in [-0.2, 0) is 16.1 Å². The number of carbonyl (C=O) groups excluding carboxylic acids is 1. The van der Waals surface area contributed by atoms with Crippen LogP contribution in [0.25, 0.3) is 0 Å². The van der Waals surface area contributed by atoms with Crippen LogP contribution in [0.2, 0.25) is 0 Å². The van der Waals surface area contributed by atoms with E-state index in [9.17, 15) is 9.90 Å². The molecule has 3 heterocycles. The molecule has 0 spiro atoms. The molecule has 4 atom stereocenters. The van der Waals surface area contributed by atoms with E-state index < -0.39 is 0 Å². The van der Waals surface area contributed by atoms with E-state index in [4.69, 9.17) is 9.90 Å². The molecule has 0 unspecified atom stereocenters. The van der Waals surface area contributed by atoms with Gasteiger partial charge in [-0.05, 0) is 42.2 Å². The minimum absolute atomic E-state index is 0.0591. The second-order valence-corrected chi connectivity index (χ2v) is 8.30. The Labute approximate surface area is 167 Å². The van der Waals surface area contributed by atoms with Crippen molar-refractivity contribution in [3.63, 3.8) is 0 Å². The number of rotatable bonds is 5. The van der Waals surface area contributed by atoms with Crippen molar-refractivity contribution in [2.75, 3.05) is 19.6 Å². The van der Waals surface area contributed by atoms with Gasteiger partial charge in [0.05, 0.1) is 25.2 Å². The summed E-state index contributed by atoms with van der Waals surface area (Å²) in [5.74, 6) is 1.09. The average molecular weight is 407 g/mol. The first-order chi connectivity index (χ1) is 13.6. The number of carbonyl (C=O) groups is 2. The van der Waals surface area contributed by atoms with E-state index in [1.165, 1.54) is 4.88 Å². The van der Waals surface area contributed by atoms with Crippen molar-refractivity contribution in [3.05, 3.63) is 40.8 Å². The van der Waals surface area contributed by atoms with Crippen LogP contribution in [0.3, 0.4) is 0 Å². The molecule has 2 aliphatic rings. The highest BCUT2D eigenvalue weighted by Gasteiger charge is 2.42. The number of hydrogen-bond donors (Lipinski definition) is 3. The summed E-state index contributed by atoms with van der Waals surface area (Å²) in [6.45, 7) is 2.64. The summed E-state index contributed by atoms with van der Waals surface area (Å²) >= 11 is 1.66. The van der Waals surface area contributed by atoms with Gasteiger partial charge in [0.2, 0.25) is 5.91 Å². The van der Waals surface area contributed by atoms with Gasteiger partial charge in [0, 0.05) is 30.4 Å². The highest BCUT2D eigenvalue weighted by Crippen LogP contribution is 2.40. The smallest absolute Gasteiger partial charge is 0.290 e. The van der Waals surface area contributed by atoms with Crippen molar-refractivity contribution in [2.24, 2.45) is 11.8 Å². The number of nitrogens with zero attached hydrogens (tertiary/aromatic N) is 3. The molecule has 28 heavy (non-hydrogen) atoms. The molecule has 1 aliphatic carbocycles. The monoisotopic (exact) mass is 406 g/mol. The predicted octanol–water partition coefficient (Wildman–Crippen LogP) is 1.21. The summed E-state index contributed by atoms with van der Waals surface area (Å²) < 4.78 is 1.89. The predicted molar refractivity (Wildman–Crippen MR) is 105 cm³/mol. The van der Waals surface area contributed by atoms with Crippen LogP contribution < -0.4 is 5.32 Å². The highest BCUT2D eigenvalue weighted by atomic mass is 32.1. The molecule has 1 aliphatic heterocycles. The highest BCUT2D eigenvalue weighted by molar-refractivity contribution is 7.09. The lowest BCUT2D eigenvalue weighted by atomic mass is 9.77. The number of carboxylic acid groups (broad SMARTS) is 1. The fraction of sp³-hybridized carbons (Fsp3) is 0.526. The van der Waals surface area contributed by atoms with Gasteiger partial charge in [-0.15, -0.1) is 11.3 Å². The Balaban J connectivity index is 0.000000706. The summed E-state index contributed by atoms with van der Waals surface area (Å²) in [4.78, 5) is 24.0. The Kier molecular flexibility index (Phi) is 7.18. The maximum absolute atomic E-state index is 12.2. The van der Waals surface area contributed by atoms with Crippen LogP contribution in [0.5, 0.6) is 0 Å². The quantitative estimate of drug-likeness (QED) is 0.644. The lowest BCUT2D eigenvalue weighted by Crippen LogP contribution is -2.36. The molecular formula is C19H26N4O4S. The van der Waals surface area contributed by atoms with Crippen LogP contribution in [0.4, 0.5) is 0 Å². The molecule has 8 nitrogen and oxygen atoms in total. The minimum atomic E-state index is -0.353. The Morgan fingerprint density at radius 1 is 1.32 bits per heavy atom. The molecular weight excluding hydrogens is 380 g/mol. The van der Waals surface area contributed by atoms with Crippen LogP contribution in [0, 0.1) is 11.8 Å². The number of likely N-dealkylation sites (tertiary alicyclic amines) is 1. The molecule has 0 radical (unpaired) electrons. The average Bonchev–Trinajstić information content (AvgIpc) is 3.41. The van der Waals surface area contributed by atoms with Crippen LogP contribution in [0.1, 0.15) is 23.8 Å². The molecule has 2 aromatic rings. The summed E-state index contributed by atoms with van der Waals surface area (Å²) in [5, 5.41) is 26.7. The van der Waals surface area contributed by atoms with Crippen molar-refractivity contribution in [2.45, 2.75) is 31.5 Å². The van der Waals surface area contributed by atoms with Crippen molar-refractivity contribution in [1.82, 2.24) is 20.0 Å². The summed E-state index contributed by atoms with van der Waals surface area (Å²) in [5.41, 5.74) is 0. The zero-order chi connectivity index (χ0) is 19.9. The van der Waals surface area contributed by atoms with E-state index in [1.54, 1.807) is 17.5 Å². The summed E-state index contributed by atoms with van der Waals surface area (Å²) in [6, 6.07) is 5.99. The maximum atomic E-state index is 12.2. The first kappa shape index (κ1) is 20.5. The van der Waals surface area contributed by atoms with E-state index >= 15 is 0 Å². The first-order valence-electron chi connectivity index (χ1n) is 9.37. The van der Waals surface area contributed by atoms with Gasteiger partial charge in [0.25, 0.3) is 6.47 Å². The standard InChI is InChI=1S/C18H24N4O2S.CH2O2/c23-17-8-14-11-21(12-18(24)19-9-15-3-1-6-25-15)10-13(14)7-16(17)22-5-2-4-20-22;2-1-3/h1-6,13-14,16-17,23H,7-12H2,(H,19,24);1H,(H,2,3)/t13-,14+,16-,17-;/m1./s1. The Hall–Kier alpha value is -2.23. The number of nitrogens with one attached hydrogen (secondary N) is 1. The Morgan fingerprint density at radius 2 is 2.07 bits per heavy atom. The van der Waals surface area contributed by atoms with Gasteiger partial charge in [-0.3, -0.25) is 19.2 Å². The maximum Gasteiger partial charge on any atom is 0.290 e. The van der Waals surface area contributed by atoms with E-state index in [0.29, 0.717) is 24.9 Å². The lowest BCUT2D eigenvalue weighted by molar-refractivity contribution is -0.123. The Bertz CT molecular complexity index is 737. The van der Waals surface area contributed by atoms with Gasteiger partial charge in [0.1, 0.15) is 0 Å². The second kappa shape index (κ2) is 9.81. The third-order valence-electron chi connectivity index (χ3n) is 5.46. The van der Waals surface area contributed by atoms with E-state index in [-0.39, 0.29) is 24.5 Å². The van der Waals surface area contributed by atoms with Gasteiger partial charge < -0.3 is 15.5 Å². The molecule has 4 rings (SSSR count). The number of aliphatic hydroxyl groups excluding tert-OH is 1. The van der Waals surface area contributed by atoms with Gasteiger partial charge in [0.15, 0.2) is 0 Å². The third-order valence-corrected chi connectivity index (χ3v) is 6.33. The van der Waals surface area contributed by atoms with Crippen LogP contribution >= 0.6 is 11.3 Å². The largest absolute Gasteiger partial charge is 0.483 e. The van der Waals surface area contributed by atoms with E-state index in [0.717, 1.165) is 25.9 Å². The van der Waals surface area contributed by atoms with Crippen LogP contribution in [-0.4, -0.2) is 63.0 Å². The molecule has 1 saturated heterocycles. The van der Waals surface area contributed by atoms with Crippen molar-refractivity contribution in [3.8, 4) is 0 Å². The first-order valence-corrected chi connectivity index (χ1v) is 10.2. The third kappa shape index (κ3) is 5.18. The fourth-order valence-corrected chi connectivity index (χ4v) is 4.90. The molecule has 0 bridgehead atoms. The number of aliphatic hydroxyl groups is 1. The molecule has 1 saturated carbocycles. The molecule has 152 valence electrons. The lowest BCUT2D eigenvalue weighted by Gasteiger charge is -2.35. The summed E-state index contributed by atoms with van der Waals surface area (Å²) in [7, 11) is 0. The molecule has 3 N–H and O–H groups in total. The number of thiophene rings is 1. The van der Waals surface area contributed by atoms with E-state index in [2.05, 4.69) is 15.3 Å². The second-order valence-electron chi connectivity index (χ2n) is 7.27. The normalized spacial score (nSPS) is 26.8. The molecule has 2 fully saturated rings. The molecule has 9 heteroatoms. The summed E-state index contributed by atoms with van der Waals surface area (Å²) in [6.07, 6.45) is 5.06. The molecule has 1 amide bonds. The fourth-order valence-electron chi connectivity index (χ4n) is 4.25. The number of aromatic nitrogens is 2. The SMILES string of the molecule is O=C(CN1C[C@H]2C[C@@H](n3cccn3)[C@H](O)C[C@H]2C1)NCc1cccs1.O=CO. The molecule has 0 aromatic carbocycles. The van der Waals surface area contributed by atoms with Crippen molar-refractivity contribution in [1.29, 1.82) is 0 Å². The van der Waals surface area contributed by atoms with Gasteiger partial charge in [-0.25, -0.2) is 0 Å². The zero-order valence-electron chi connectivity index (χ0n) is 15.6. The number of fused-ring (bicyclic) bond motifs is 1. The van der Waals surface area contributed by atoms with Gasteiger partial charge >= 0.3 is 0 Å². The van der Waals surface area contributed by atoms with Gasteiger partial charge in [-0.2, -0.15) is 5.10 Å². The zero-order valence-corrected chi connectivity index (χ0v) is 16.4. The van der Waals surface area contributed by atoms with Gasteiger partial charge in [-0.1, -0.05) is 6.07 Å². The van der Waals surface area contributed by atoms with E-state index in [1.807, 2.05) is 34.5 Å². The van der Waals surface area contributed by atoms with Crippen molar-refractivity contribution >= 4 is 23.7 Å². The number of hydrogen-bond acceptors (Lipinski definition) is 6. The Morgan fingerprint density at radius 3 is 2.71 bits per heavy atom. The van der Waals surface area contributed by atoms with Crippen molar-refractivity contribution < 1.29 is 19.8 Å². The number of amides is 1. The topological polar surface area (TPSA) is 108 Å². The minimum Gasteiger partial charge on any atom is -0.483 e. The molecule has 2 aromatic heterocycles.